The van der Waals surface area contributed by atoms with Crippen LogP contribution in [0.5, 0.6) is 0 Å². The highest BCUT2D eigenvalue weighted by Gasteiger charge is 2.72. The highest BCUT2D eigenvalue weighted by atomic mass is 79.9. The molecule has 1 aromatic carbocycles. The molecule has 2 aliphatic rings. The van der Waals surface area contributed by atoms with Crippen LogP contribution in [0.15, 0.2) is 40.0 Å². The lowest BCUT2D eigenvalue weighted by molar-refractivity contribution is -0.902. The number of halogens is 1. The molecule has 0 radical (unpaired) electrons. The van der Waals surface area contributed by atoms with E-state index in [4.69, 9.17) is 0 Å². The normalized spacial score (nSPS) is 30.5. The maximum absolute atomic E-state index is 12.6. The maximum atomic E-state index is 12.6. The van der Waals surface area contributed by atoms with Crippen LogP contribution in [0.2, 0.25) is 0 Å². The number of amides is 1. The van der Waals surface area contributed by atoms with E-state index in [2.05, 4.69) is 28.1 Å². The van der Waals surface area contributed by atoms with Crippen molar-refractivity contribution in [1.82, 2.24) is 0 Å². The topological polar surface area (TPSA) is 74.6 Å². The van der Waals surface area contributed by atoms with Crippen molar-refractivity contribution in [3.05, 3.63) is 45.6 Å². The van der Waals surface area contributed by atoms with E-state index in [1.165, 1.54) is 5.56 Å². The second-order valence-electron chi connectivity index (χ2n) is 8.92. The number of rotatable bonds is 3. The first kappa shape index (κ1) is 20.1. The van der Waals surface area contributed by atoms with Crippen LogP contribution in [-0.2, 0) is 11.2 Å². The number of carboxylic acids is 1. The van der Waals surface area contributed by atoms with E-state index in [1.807, 2.05) is 32.9 Å². The predicted molar refractivity (Wildman–Crippen MR) is 106 cm³/mol. The second kappa shape index (κ2) is 6.45. The van der Waals surface area contributed by atoms with Gasteiger partial charge in [0.2, 0.25) is 5.54 Å². The van der Waals surface area contributed by atoms with E-state index < -0.39 is 27.6 Å². The van der Waals surface area contributed by atoms with Gasteiger partial charge in [0.05, 0.1) is 0 Å². The van der Waals surface area contributed by atoms with Crippen LogP contribution < -0.4 is 0 Å². The second-order valence-corrected chi connectivity index (χ2v) is 9.84. The first-order valence-corrected chi connectivity index (χ1v) is 10.1. The fourth-order valence-electron chi connectivity index (χ4n) is 5.45. The Kier molecular flexibility index (Phi) is 4.80. The molecule has 1 amide bonds. The summed E-state index contributed by atoms with van der Waals surface area (Å²) >= 11 is 3.50. The maximum Gasteiger partial charge on any atom is 0.519 e. The Hall–Kier alpha value is -1.66. The molecule has 0 saturated heterocycles. The van der Waals surface area contributed by atoms with Gasteiger partial charge in [-0.05, 0) is 62.8 Å². The SMILES string of the molecule is CC(C)(C)[N+]1(C(=O)O)C2=C(CC1(C)C(=O)O)C(Cc1cccc(Br)c1)CC2. The van der Waals surface area contributed by atoms with Gasteiger partial charge in [0.25, 0.3) is 0 Å². The van der Waals surface area contributed by atoms with Gasteiger partial charge in [0.1, 0.15) is 11.2 Å². The first-order valence-electron chi connectivity index (χ1n) is 9.28. The molecule has 0 bridgehead atoms. The number of aliphatic carboxylic acids is 1. The Labute approximate surface area is 168 Å². The highest BCUT2D eigenvalue weighted by molar-refractivity contribution is 9.10. The third-order valence-electron chi connectivity index (χ3n) is 6.40. The quantitative estimate of drug-likeness (QED) is 0.638. The van der Waals surface area contributed by atoms with Gasteiger partial charge >= 0.3 is 12.1 Å². The average molecular weight is 437 g/mol. The highest BCUT2D eigenvalue weighted by Crippen LogP contribution is 2.57. The zero-order valence-corrected chi connectivity index (χ0v) is 17.8. The number of likely N-dealkylation sites (tertiary alicyclic amines) is 1. The van der Waals surface area contributed by atoms with E-state index >= 15 is 0 Å². The number of nitrogens with zero attached hydrogens (tertiary/aromatic N) is 1. The van der Waals surface area contributed by atoms with Gasteiger partial charge < -0.3 is 10.2 Å². The lowest BCUT2D eigenvalue weighted by atomic mass is 9.83. The van der Waals surface area contributed by atoms with Gasteiger partial charge in [0.15, 0.2) is 0 Å². The van der Waals surface area contributed by atoms with Crippen LogP contribution in [0, 0.1) is 5.92 Å². The molecule has 5 nitrogen and oxygen atoms in total. The summed E-state index contributed by atoms with van der Waals surface area (Å²) in [6.07, 6.45) is 1.54. The number of hydrogen-bond acceptors (Lipinski definition) is 2. The van der Waals surface area contributed by atoms with Gasteiger partial charge in [-0.3, -0.25) is 0 Å². The van der Waals surface area contributed by atoms with Crippen LogP contribution in [-0.4, -0.2) is 37.8 Å². The van der Waals surface area contributed by atoms with E-state index in [0.29, 0.717) is 12.8 Å². The predicted octanol–water partition coefficient (Wildman–Crippen LogP) is 5.20. The van der Waals surface area contributed by atoms with Crippen molar-refractivity contribution in [3.63, 3.8) is 0 Å². The Morgan fingerprint density at radius 2 is 1.96 bits per heavy atom. The number of allylic oxidation sites excluding steroid dienone is 1. The largest absolute Gasteiger partial charge is 0.519 e. The summed E-state index contributed by atoms with van der Waals surface area (Å²) in [6, 6.07) is 8.11. The summed E-state index contributed by atoms with van der Waals surface area (Å²) in [5.74, 6) is -0.856. The number of hydrogen-bond donors (Lipinski definition) is 2. The molecule has 3 atom stereocenters. The summed E-state index contributed by atoms with van der Waals surface area (Å²) in [5, 5.41) is 20.4. The van der Waals surface area contributed by atoms with Gasteiger partial charge in [-0.2, -0.15) is 9.28 Å². The zero-order valence-electron chi connectivity index (χ0n) is 16.3. The fourth-order valence-corrected chi connectivity index (χ4v) is 5.90. The minimum absolute atomic E-state index is 0.190. The van der Waals surface area contributed by atoms with Crippen molar-refractivity contribution in [2.24, 2.45) is 5.92 Å². The van der Waals surface area contributed by atoms with Crippen molar-refractivity contribution >= 4 is 28.0 Å². The number of quaternary nitrogens is 1. The molecule has 3 unspecified atom stereocenters. The zero-order chi connectivity index (χ0) is 20.2. The molecule has 0 spiro atoms. The van der Waals surface area contributed by atoms with Crippen LogP contribution in [0.4, 0.5) is 4.79 Å². The molecule has 146 valence electrons. The monoisotopic (exact) mass is 436 g/mol. The van der Waals surface area contributed by atoms with Crippen LogP contribution in [0.3, 0.4) is 0 Å². The average Bonchev–Trinajstić information content (AvgIpc) is 3.02. The van der Waals surface area contributed by atoms with Crippen LogP contribution in [0.25, 0.3) is 0 Å². The van der Waals surface area contributed by atoms with Crippen molar-refractivity contribution in [1.29, 1.82) is 0 Å². The molecule has 3 rings (SSSR count). The Morgan fingerprint density at radius 3 is 2.48 bits per heavy atom. The van der Waals surface area contributed by atoms with E-state index in [9.17, 15) is 19.8 Å². The standard InChI is InChI=1S/C21H26BrNO4/c1-20(2,3)23(19(26)27)17-9-8-14(10-13-6-5-7-15(22)11-13)16(17)12-21(23,4)18(24)25/h5-7,11,14H,8-10,12H2,1-4H3,(H-,24,25,26,27)/p+1. The third-order valence-corrected chi connectivity index (χ3v) is 6.89. The number of benzene rings is 1. The van der Waals surface area contributed by atoms with Crippen LogP contribution >= 0.6 is 15.9 Å². The molecule has 1 aromatic rings. The number of carbonyl (C=O) groups is 2. The molecule has 1 aliphatic carbocycles. The summed E-state index contributed by atoms with van der Waals surface area (Å²) < 4.78 is 0.513. The lowest BCUT2D eigenvalue weighted by Gasteiger charge is -2.49. The number of carboxylic acid groups (broad SMARTS) is 2. The third kappa shape index (κ3) is 2.76. The van der Waals surface area contributed by atoms with Crippen molar-refractivity contribution in [2.75, 3.05) is 0 Å². The van der Waals surface area contributed by atoms with Crippen LogP contribution in [0.1, 0.15) is 52.5 Å². The first-order chi connectivity index (χ1) is 12.4. The molecule has 27 heavy (non-hydrogen) atoms. The molecule has 6 heteroatoms. The Bertz CT molecular complexity index is 841. The summed E-state index contributed by atoms with van der Waals surface area (Å²) in [7, 11) is 0. The molecular formula is C21H27BrNO4+. The molecule has 1 aliphatic heterocycles. The molecule has 0 aromatic heterocycles. The van der Waals surface area contributed by atoms with Gasteiger partial charge in [0, 0.05) is 24.2 Å². The Balaban J connectivity index is 2.10. The van der Waals surface area contributed by atoms with Crippen molar-refractivity contribution in [3.8, 4) is 0 Å². The van der Waals surface area contributed by atoms with Gasteiger partial charge in [-0.25, -0.2) is 4.79 Å². The van der Waals surface area contributed by atoms with E-state index in [1.54, 1.807) is 6.92 Å². The summed E-state index contributed by atoms with van der Waals surface area (Å²) in [6.45, 7) is 7.10. The lowest BCUT2D eigenvalue weighted by Crippen LogP contribution is -2.73. The minimum atomic E-state index is -1.40. The van der Waals surface area contributed by atoms with Gasteiger partial charge in [-0.15, -0.1) is 0 Å². The van der Waals surface area contributed by atoms with Gasteiger partial charge in [-0.1, -0.05) is 28.1 Å². The van der Waals surface area contributed by atoms with Crippen molar-refractivity contribution in [2.45, 2.75) is 64.5 Å². The van der Waals surface area contributed by atoms with E-state index in [0.717, 1.165) is 28.6 Å². The van der Waals surface area contributed by atoms with E-state index in [-0.39, 0.29) is 5.92 Å². The molecule has 2 N–H and O–H groups in total. The smallest absolute Gasteiger partial charge is 0.477 e. The summed E-state index contributed by atoms with van der Waals surface area (Å²) in [4.78, 5) is 24.9. The Morgan fingerprint density at radius 1 is 1.30 bits per heavy atom. The molecule has 1 heterocycles. The minimum Gasteiger partial charge on any atom is -0.477 e. The molecule has 0 saturated carbocycles. The molecular weight excluding hydrogens is 410 g/mol. The molecule has 0 fully saturated rings. The van der Waals surface area contributed by atoms with Crippen molar-refractivity contribution < 1.29 is 24.3 Å². The fraction of sp³-hybridized carbons (Fsp3) is 0.524. The summed E-state index contributed by atoms with van der Waals surface area (Å²) in [5.41, 5.74) is 0.860.